The van der Waals surface area contributed by atoms with Gasteiger partial charge in [-0.3, -0.25) is 0 Å². The van der Waals surface area contributed by atoms with Crippen LogP contribution in [-0.2, 0) is 0 Å². The van der Waals surface area contributed by atoms with Gasteiger partial charge in [-0.15, -0.1) is 17.4 Å². The van der Waals surface area contributed by atoms with Gasteiger partial charge in [0.2, 0.25) is 0 Å². The molecule has 0 spiro atoms. The third-order valence-corrected chi connectivity index (χ3v) is 2.87. The van der Waals surface area contributed by atoms with Gasteiger partial charge in [0.15, 0.2) is 0 Å². The molecule has 0 saturated heterocycles. The van der Waals surface area contributed by atoms with Crippen molar-refractivity contribution in [2.24, 2.45) is 0 Å². The van der Waals surface area contributed by atoms with Crippen molar-refractivity contribution in [2.75, 3.05) is 7.05 Å². The minimum atomic E-state index is 0.302. The van der Waals surface area contributed by atoms with Crippen LogP contribution in [0.1, 0.15) is 29.5 Å². The molecule has 3 nitrogen and oxygen atoms in total. The van der Waals surface area contributed by atoms with Gasteiger partial charge in [0.25, 0.3) is 0 Å². The van der Waals surface area contributed by atoms with Crippen LogP contribution in [0.4, 0.5) is 0 Å². The number of aromatic nitrogens is 2. The van der Waals surface area contributed by atoms with E-state index in [0.29, 0.717) is 6.04 Å². The third-order valence-electron chi connectivity index (χ3n) is 1.93. The van der Waals surface area contributed by atoms with Gasteiger partial charge in [0, 0.05) is 12.5 Å². The Morgan fingerprint density at radius 1 is 1.69 bits per heavy atom. The lowest BCUT2D eigenvalue weighted by Gasteiger charge is -2.12. The van der Waals surface area contributed by atoms with Crippen molar-refractivity contribution >= 4 is 11.5 Å². The summed E-state index contributed by atoms with van der Waals surface area (Å²) in [4.78, 5) is 1.19. The van der Waals surface area contributed by atoms with Gasteiger partial charge >= 0.3 is 0 Å². The van der Waals surface area contributed by atoms with Crippen molar-refractivity contribution in [1.82, 2.24) is 14.9 Å². The van der Waals surface area contributed by atoms with Gasteiger partial charge in [-0.25, -0.2) is 0 Å². The maximum atomic E-state index is 5.22. The molecular weight excluding hydrogens is 182 g/mol. The van der Waals surface area contributed by atoms with Crippen molar-refractivity contribution in [1.29, 1.82) is 0 Å². The number of nitrogens with one attached hydrogen (secondary N) is 1. The smallest absolute Gasteiger partial charge is 0.0772 e. The minimum Gasteiger partial charge on any atom is -0.312 e. The molecule has 0 saturated carbocycles. The van der Waals surface area contributed by atoms with Crippen molar-refractivity contribution in [3.05, 3.63) is 10.6 Å². The number of terminal acetylenes is 1. The molecule has 0 bridgehead atoms. The predicted octanol–water partition coefficient (Wildman–Crippen LogP) is 1.52. The Bertz CT molecular complexity index is 300. The largest absolute Gasteiger partial charge is 0.312 e. The molecular formula is C9H13N3S. The van der Waals surface area contributed by atoms with Crippen LogP contribution >= 0.6 is 11.5 Å². The maximum absolute atomic E-state index is 5.22. The highest BCUT2D eigenvalue weighted by Crippen LogP contribution is 2.23. The van der Waals surface area contributed by atoms with Gasteiger partial charge in [0.1, 0.15) is 0 Å². The fraction of sp³-hybridized carbons (Fsp3) is 0.556. The molecule has 1 N–H and O–H groups in total. The first-order valence-corrected chi connectivity index (χ1v) is 4.96. The Labute approximate surface area is 82.7 Å². The van der Waals surface area contributed by atoms with Crippen LogP contribution in [0.15, 0.2) is 0 Å². The van der Waals surface area contributed by atoms with E-state index in [2.05, 4.69) is 20.8 Å². The Kier molecular flexibility index (Phi) is 3.87. The number of hydrogen-bond donors (Lipinski definition) is 1. The summed E-state index contributed by atoms with van der Waals surface area (Å²) < 4.78 is 3.90. The lowest BCUT2D eigenvalue weighted by molar-refractivity contribution is 0.564. The van der Waals surface area contributed by atoms with E-state index in [1.54, 1.807) is 0 Å². The second-order valence-corrected chi connectivity index (χ2v) is 3.59. The molecule has 4 heteroatoms. The molecule has 0 aliphatic heterocycles. The van der Waals surface area contributed by atoms with Crippen molar-refractivity contribution in [2.45, 2.75) is 25.8 Å². The molecule has 0 aliphatic carbocycles. The lowest BCUT2D eigenvalue weighted by atomic mass is 10.1. The highest BCUT2D eigenvalue weighted by atomic mass is 32.1. The molecule has 1 aromatic heterocycles. The number of hydrogen-bond acceptors (Lipinski definition) is 4. The summed E-state index contributed by atoms with van der Waals surface area (Å²) in [6.07, 6.45) is 6.94. The van der Waals surface area contributed by atoms with E-state index in [9.17, 15) is 0 Å². The van der Waals surface area contributed by atoms with Crippen LogP contribution in [0.2, 0.25) is 0 Å². The quantitative estimate of drug-likeness (QED) is 0.740. The second kappa shape index (κ2) is 4.95. The van der Waals surface area contributed by atoms with Crippen LogP contribution in [0.3, 0.4) is 0 Å². The van der Waals surface area contributed by atoms with Crippen LogP contribution in [0, 0.1) is 19.3 Å². The van der Waals surface area contributed by atoms with Gasteiger partial charge < -0.3 is 5.32 Å². The van der Waals surface area contributed by atoms with Crippen molar-refractivity contribution < 1.29 is 0 Å². The standard InChI is InChI=1S/C9H13N3S/c1-4-5-6-8(10-3)9-7(2)11-12-13-9/h1,8,10H,5-6H2,2-3H3. The zero-order valence-corrected chi connectivity index (χ0v) is 8.69. The Balaban J connectivity index is 2.68. The molecule has 0 fully saturated rings. The summed E-state index contributed by atoms with van der Waals surface area (Å²) in [5.74, 6) is 2.64. The average molecular weight is 195 g/mol. The molecule has 1 rings (SSSR count). The van der Waals surface area contributed by atoms with Gasteiger partial charge in [-0.2, -0.15) is 0 Å². The second-order valence-electron chi connectivity index (χ2n) is 2.81. The molecule has 1 unspecified atom stereocenters. The molecule has 0 aromatic carbocycles. The number of nitrogens with zero attached hydrogens (tertiary/aromatic N) is 2. The zero-order valence-electron chi connectivity index (χ0n) is 7.87. The minimum absolute atomic E-state index is 0.302. The number of rotatable bonds is 4. The average Bonchev–Trinajstić information content (AvgIpc) is 2.54. The summed E-state index contributed by atoms with van der Waals surface area (Å²) >= 11 is 1.44. The molecule has 0 amide bonds. The topological polar surface area (TPSA) is 37.8 Å². The zero-order chi connectivity index (χ0) is 9.68. The van der Waals surface area contributed by atoms with E-state index in [4.69, 9.17) is 6.42 Å². The van der Waals surface area contributed by atoms with Gasteiger partial charge in [-0.05, 0) is 31.9 Å². The lowest BCUT2D eigenvalue weighted by Crippen LogP contribution is -2.15. The summed E-state index contributed by atoms with van der Waals surface area (Å²) in [6, 6.07) is 0.302. The first-order valence-electron chi connectivity index (χ1n) is 4.19. The Hall–Kier alpha value is -0.920. The molecule has 0 radical (unpaired) electrons. The summed E-state index contributed by atoms with van der Waals surface area (Å²) in [7, 11) is 1.93. The van der Waals surface area contributed by atoms with Crippen LogP contribution in [-0.4, -0.2) is 16.6 Å². The molecule has 0 aliphatic rings. The van der Waals surface area contributed by atoms with Gasteiger partial charge in [0.05, 0.1) is 10.6 Å². The van der Waals surface area contributed by atoms with E-state index < -0.39 is 0 Å². The van der Waals surface area contributed by atoms with E-state index in [-0.39, 0.29) is 0 Å². The Morgan fingerprint density at radius 2 is 2.46 bits per heavy atom. The van der Waals surface area contributed by atoms with Crippen molar-refractivity contribution in [3.8, 4) is 12.3 Å². The number of aryl methyl sites for hydroxylation is 1. The first-order chi connectivity index (χ1) is 6.29. The molecule has 13 heavy (non-hydrogen) atoms. The maximum Gasteiger partial charge on any atom is 0.0772 e. The van der Waals surface area contributed by atoms with E-state index in [1.165, 1.54) is 16.4 Å². The Morgan fingerprint density at radius 3 is 2.92 bits per heavy atom. The van der Waals surface area contributed by atoms with Crippen LogP contribution in [0.5, 0.6) is 0 Å². The summed E-state index contributed by atoms with van der Waals surface area (Å²) in [5.41, 5.74) is 1.00. The van der Waals surface area contributed by atoms with Crippen LogP contribution < -0.4 is 5.32 Å². The molecule has 1 aromatic rings. The highest BCUT2D eigenvalue weighted by Gasteiger charge is 2.14. The molecule has 70 valence electrons. The molecule has 1 atom stereocenters. The van der Waals surface area contributed by atoms with Crippen LogP contribution in [0.25, 0.3) is 0 Å². The predicted molar refractivity (Wildman–Crippen MR) is 54.5 cm³/mol. The summed E-state index contributed by atoms with van der Waals surface area (Å²) in [6.45, 7) is 1.97. The van der Waals surface area contributed by atoms with Gasteiger partial charge in [-0.1, -0.05) is 4.49 Å². The molecule has 1 heterocycles. The SMILES string of the molecule is C#CCCC(NC)c1snnc1C. The fourth-order valence-electron chi connectivity index (χ4n) is 1.19. The van der Waals surface area contributed by atoms with Crippen molar-refractivity contribution in [3.63, 3.8) is 0 Å². The summed E-state index contributed by atoms with van der Waals surface area (Å²) in [5, 5.41) is 7.19. The van der Waals surface area contributed by atoms with E-state index in [1.807, 2.05) is 14.0 Å². The van der Waals surface area contributed by atoms with E-state index in [0.717, 1.165) is 18.5 Å². The fourth-order valence-corrected chi connectivity index (χ4v) is 1.98. The monoisotopic (exact) mass is 195 g/mol. The normalized spacial score (nSPS) is 12.4. The van der Waals surface area contributed by atoms with E-state index >= 15 is 0 Å². The first kappa shape index (κ1) is 10.2. The highest BCUT2D eigenvalue weighted by molar-refractivity contribution is 7.05. The third kappa shape index (κ3) is 2.51.